The highest BCUT2D eigenvalue weighted by Crippen LogP contribution is 2.10. The van der Waals surface area contributed by atoms with Gasteiger partial charge in [0.05, 0.1) is 6.42 Å². The molecular weight excluding hydrogens is 522 g/mol. The number of benzene rings is 1. The average Bonchev–Trinajstić information content (AvgIpc) is 3.52. The van der Waals surface area contributed by atoms with Crippen LogP contribution in [-0.4, -0.2) is 73.4 Å². The number of Topliss-reactive ketones (excluding diaryl/α,β-unsaturated/α-hetero) is 1. The van der Waals surface area contributed by atoms with Gasteiger partial charge in [-0.15, -0.1) is 5.10 Å². The van der Waals surface area contributed by atoms with Crippen molar-refractivity contribution in [3.8, 4) is 0 Å². The van der Waals surface area contributed by atoms with E-state index >= 15 is 0 Å². The molecule has 2 aromatic heterocycles. The highest BCUT2D eigenvalue weighted by atomic mass is 28.3. The summed E-state index contributed by atoms with van der Waals surface area (Å²) in [6, 6.07) is 8.68. The molecule has 0 aliphatic heterocycles. The molecule has 0 bridgehead atoms. The maximum absolute atomic E-state index is 12.9. The lowest BCUT2D eigenvalue weighted by atomic mass is 10.1. The maximum atomic E-state index is 12.9. The van der Waals surface area contributed by atoms with Crippen molar-refractivity contribution in [2.75, 3.05) is 6.61 Å². The number of nitrogens with one attached hydrogen (secondary N) is 1. The summed E-state index contributed by atoms with van der Waals surface area (Å²) in [4.78, 5) is 40.8. The van der Waals surface area contributed by atoms with Crippen LogP contribution in [0.3, 0.4) is 0 Å². The molecule has 3 rings (SSSR count). The zero-order chi connectivity index (χ0) is 28.3. The van der Waals surface area contributed by atoms with E-state index in [1.807, 2.05) is 10.6 Å². The summed E-state index contributed by atoms with van der Waals surface area (Å²) in [5, 5.41) is 22.9. The zero-order valence-electron chi connectivity index (χ0n) is 22.2. The first-order valence-corrected chi connectivity index (χ1v) is 16.1. The normalized spacial score (nSPS) is 12.4. The maximum Gasteiger partial charge on any atom is 0.408 e. The SMILES string of the molecule is C[Si](C)(C)CCOCn1ccnc1C=Cc1nnnn1CC(=O)C(CC(=O)O)NC(=O)OCc1ccccc1. The average molecular weight is 556 g/mol. The molecule has 39 heavy (non-hydrogen) atoms. The van der Waals surface area contributed by atoms with Crippen molar-refractivity contribution in [1.29, 1.82) is 0 Å². The fourth-order valence-corrected chi connectivity index (χ4v) is 4.06. The van der Waals surface area contributed by atoms with Crippen LogP contribution in [0.15, 0.2) is 42.7 Å². The Kier molecular flexibility index (Phi) is 10.6. The van der Waals surface area contributed by atoms with Crippen LogP contribution in [0.4, 0.5) is 4.79 Å². The minimum Gasteiger partial charge on any atom is -0.481 e. The zero-order valence-corrected chi connectivity index (χ0v) is 23.2. The Morgan fingerprint density at radius 3 is 2.59 bits per heavy atom. The lowest BCUT2D eigenvalue weighted by molar-refractivity contribution is -0.139. The van der Waals surface area contributed by atoms with E-state index < -0.39 is 38.4 Å². The Morgan fingerprint density at radius 1 is 1.13 bits per heavy atom. The summed E-state index contributed by atoms with van der Waals surface area (Å²) in [5.41, 5.74) is 0.748. The van der Waals surface area contributed by atoms with E-state index in [-0.39, 0.29) is 19.0 Å². The monoisotopic (exact) mass is 555 g/mol. The van der Waals surface area contributed by atoms with Crippen LogP contribution in [0.5, 0.6) is 0 Å². The number of imidazole rings is 1. The number of ketones is 1. The van der Waals surface area contributed by atoms with Gasteiger partial charge in [-0.3, -0.25) is 9.59 Å². The van der Waals surface area contributed by atoms with Gasteiger partial charge in [0, 0.05) is 27.1 Å². The Bertz CT molecular complexity index is 1270. The van der Waals surface area contributed by atoms with E-state index in [2.05, 4.69) is 45.5 Å². The van der Waals surface area contributed by atoms with Crippen LogP contribution in [0.2, 0.25) is 25.7 Å². The van der Waals surface area contributed by atoms with E-state index in [4.69, 9.17) is 9.47 Å². The molecule has 0 saturated heterocycles. The fourth-order valence-electron chi connectivity index (χ4n) is 3.31. The van der Waals surface area contributed by atoms with Gasteiger partial charge < -0.3 is 24.5 Å². The van der Waals surface area contributed by atoms with Gasteiger partial charge in [-0.05, 0) is 34.2 Å². The predicted octanol–water partition coefficient (Wildman–Crippen LogP) is 2.69. The number of carboxylic acid groups (broad SMARTS) is 1. The molecule has 0 aliphatic rings. The third-order valence-electron chi connectivity index (χ3n) is 5.49. The number of hydrogen-bond donors (Lipinski definition) is 2. The number of tetrazole rings is 1. The van der Waals surface area contributed by atoms with Crippen LogP contribution < -0.4 is 5.32 Å². The second-order valence-electron chi connectivity index (χ2n) is 9.95. The van der Waals surface area contributed by atoms with Gasteiger partial charge in [0.1, 0.15) is 31.7 Å². The third kappa shape index (κ3) is 10.2. The van der Waals surface area contributed by atoms with Crippen molar-refractivity contribution in [3.05, 3.63) is 59.9 Å². The highest BCUT2D eigenvalue weighted by molar-refractivity contribution is 6.76. The number of ether oxygens (including phenoxy) is 2. The number of carbonyl (C=O) groups excluding carboxylic acids is 2. The molecule has 0 spiro atoms. The number of amides is 1. The van der Waals surface area contributed by atoms with Gasteiger partial charge in [0.2, 0.25) is 0 Å². The molecule has 1 amide bonds. The van der Waals surface area contributed by atoms with Gasteiger partial charge >= 0.3 is 12.1 Å². The number of carbonyl (C=O) groups is 3. The largest absolute Gasteiger partial charge is 0.481 e. The third-order valence-corrected chi connectivity index (χ3v) is 7.20. The number of rotatable bonds is 15. The lowest BCUT2D eigenvalue weighted by Gasteiger charge is -2.16. The van der Waals surface area contributed by atoms with Gasteiger partial charge in [-0.2, -0.15) is 0 Å². The molecule has 13 nitrogen and oxygen atoms in total. The summed E-state index contributed by atoms with van der Waals surface area (Å²) in [6.07, 6.45) is 5.17. The Labute approximate surface area is 226 Å². The summed E-state index contributed by atoms with van der Waals surface area (Å²) in [5.74, 6) is -1.01. The minimum absolute atomic E-state index is 0.0261. The Morgan fingerprint density at radius 2 is 1.87 bits per heavy atom. The first-order chi connectivity index (χ1) is 18.6. The number of nitrogens with zero attached hydrogens (tertiary/aromatic N) is 6. The molecule has 0 fully saturated rings. The number of hydrogen-bond acceptors (Lipinski definition) is 9. The van der Waals surface area contributed by atoms with Crippen LogP contribution in [0.1, 0.15) is 23.6 Å². The van der Waals surface area contributed by atoms with E-state index in [1.54, 1.807) is 48.8 Å². The Hall–Kier alpha value is -4.17. The summed E-state index contributed by atoms with van der Waals surface area (Å²) >= 11 is 0. The van der Waals surface area contributed by atoms with Crippen LogP contribution in [0, 0.1) is 0 Å². The Balaban J connectivity index is 1.59. The second-order valence-corrected chi connectivity index (χ2v) is 15.6. The topological polar surface area (TPSA) is 163 Å². The molecule has 3 aromatic rings. The lowest BCUT2D eigenvalue weighted by Crippen LogP contribution is -2.44. The molecule has 2 heterocycles. The van der Waals surface area contributed by atoms with Gasteiger partial charge in [-0.1, -0.05) is 50.0 Å². The van der Waals surface area contributed by atoms with Crippen molar-refractivity contribution in [2.45, 2.75) is 58.0 Å². The van der Waals surface area contributed by atoms with Gasteiger partial charge in [0.25, 0.3) is 0 Å². The molecule has 0 saturated carbocycles. The van der Waals surface area contributed by atoms with E-state index in [0.717, 1.165) is 11.6 Å². The molecule has 2 N–H and O–H groups in total. The number of aliphatic carboxylic acids is 1. The minimum atomic E-state index is -1.33. The summed E-state index contributed by atoms with van der Waals surface area (Å²) < 4.78 is 13.9. The molecule has 208 valence electrons. The second kappa shape index (κ2) is 14.1. The number of carboxylic acids is 1. The molecule has 1 unspecified atom stereocenters. The molecule has 1 atom stereocenters. The molecular formula is C25H33N7O6Si. The van der Waals surface area contributed by atoms with Gasteiger partial charge in [-0.25, -0.2) is 14.5 Å². The summed E-state index contributed by atoms with van der Waals surface area (Å²) in [7, 11) is -1.19. The van der Waals surface area contributed by atoms with Crippen molar-refractivity contribution >= 4 is 38.1 Å². The van der Waals surface area contributed by atoms with E-state index in [9.17, 15) is 19.5 Å². The fraction of sp³-hybridized carbons (Fsp3) is 0.400. The van der Waals surface area contributed by atoms with Gasteiger partial charge in [0.15, 0.2) is 11.6 Å². The first-order valence-electron chi connectivity index (χ1n) is 12.4. The predicted molar refractivity (Wildman–Crippen MR) is 144 cm³/mol. The van der Waals surface area contributed by atoms with Crippen LogP contribution in [0.25, 0.3) is 12.2 Å². The highest BCUT2D eigenvalue weighted by Gasteiger charge is 2.25. The first kappa shape index (κ1) is 29.4. The van der Waals surface area contributed by atoms with Crippen LogP contribution in [-0.2, 0) is 38.9 Å². The van der Waals surface area contributed by atoms with Crippen molar-refractivity contribution in [3.63, 3.8) is 0 Å². The van der Waals surface area contributed by atoms with Crippen LogP contribution >= 0.6 is 0 Å². The quantitative estimate of drug-likeness (QED) is 0.210. The van der Waals surface area contributed by atoms with Crippen molar-refractivity contribution < 1.29 is 29.0 Å². The van der Waals surface area contributed by atoms with Crippen molar-refractivity contribution in [1.82, 2.24) is 35.1 Å². The number of aromatic nitrogens is 6. The van der Waals surface area contributed by atoms with E-state index in [1.165, 1.54) is 4.68 Å². The summed E-state index contributed by atoms with van der Waals surface area (Å²) in [6.45, 7) is 7.48. The van der Waals surface area contributed by atoms with Crippen molar-refractivity contribution in [2.24, 2.45) is 0 Å². The molecule has 0 radical (unpaired) electrons. The molecule has 1 aromatic carbocycles. The van der Waals surface area contributed by atoms with E-state index in [0.29, 0.717) is 19.2 Å². The molecule has 0 aliphatic carbocycles. The smallest absolute Gasteiger partial charge is 0.408 e. The number of alkyl carbamates (subject to hydrolysis) is 1. The molecule has 14 heteroatoms. The standard InChI is InChI=1S/C25H33N7O6Si/c1-39(2,3)14-13-37-18-31-12-11-26-22(31)9-10-23-28-29-30-32(23)16-21(33)20(15-24(34)35)27-25(36)38-17-19-7-5-4-6-8-19/h4-12,20H,13-18H2,1-3H3,(H,27,36)(H,34,35).